The molecule has 0 spiro atoms. The van der Waals surface area contributed by atoms with Gasteiger partial charge >= 0.3 is 0 Å². The molecule has 0 amide bonds. The van der Waals surface area contributed by atoms with E-state index in [-0.39, 0.29) is 17.1 Å². The van der Waals surface area contributed by atoms with Gasteiger partial charge in [0.25, 0.3) is 10.0 Å². The van der Waals surface area contributed by atoms with Crippen LogP contribution in [0.1, 0.15) is 23.7 Å². The maximum absolute atomic E-state index is 13.1. The zero-order chi connectivity index (χ0) is 20.3. The summed E-state index contributed by atoms with van der Waals surface area (Å²) >= 11 is 0. The number of hydrogen-bond acceptors (Lipinski definition) is 5. The highest BCUT2D eigenvalue weighted by molar-refractivity contribution is 7.90. The summed E-state index contributed by atoms with van der Waals surface area (Å²) in [7, 11) is -2.43. The second-order valence-electron chi connectivity index (χ2n) is 6.44. The maximum atomic E-state index is 13.1. The molecule has 1 heterocycles. The molecule has 0 aliphatic heterocycles. The van der Waals surface area contributed by atoms with Crippen LogP contribution < -0.4 is 0 Å². The van der Waals surface area contributed by atoms with Crippen LogP contribution in [-0.4, -0.2) is 30.4 Å². The second-order valence-corrected chi connectivity index (χ2v) is 8.26. The molecule has 1 aromatic heterocycles. The summed E-state index contributed by atoms with van der Waals surface area (Å²) in [5, 5.41) is 11.1. The number of aliphatic hydroxyl groups is 1. The summed E-state index contributed by atoms with van der Waals surface area (Å²) < 4.78 is 32.2. The van der Waals surface area contributed by atoms with E-state index in [4.69, 9.17) is 4.74 Å². The van der Waals surface area contributed by atoms with Gasteiger partial charge in [0, 0.05) is 29.6 Å². The van der Waals surface area contributed by atoms with Crippen molar-refractivity contribution in [2.75, 3.05) is 7.11 Å². The molecule has 0 aliphatic carbocycles. The van der Waals surface area contributed by atoms with Gasteiger partial charge in [-0.2, -0.15) is 0 Å². The lowest BCUT2D eigenvalue weighted by molar-refractivity contribution is -0.116. The predicted molar refractivity (Wildman–Crippen MR) is 106 cm³/mol. The van der Waals surface area contributed by atoms with Crippen molar-refractivity contribution in [3.05, 3.63) is 78.2 Å². The molecular weight excluding hydrogens is 378 g/mol. The van der Waals surface area contributed by atoms with Gasteiger partial charge in [-0.25, -0.2) is 12.4 Å². The lowest BCUT2D eigenvalue weighted by atomic mass is 10.0. The van der Waals surface area contributed by atoms with Crippen molar-refractivity contribution in [3.8, 4) is 0 Å². The third kappa shape index (κ3) is 3.85. The number of methoxy groups -OCH3 is 1. The molecule has 146 valence electrons. The van der Waals surface area contributed by atoms with Gasteiger partial charge in [-0.1, -0.05) is 35.9 Å². The molecule has 0 saturated heterocycles. The first-order valence-corrected chi connectivity index (χ1v) is 10.1. The molecule has 0 fully saturated rings. The Morgan fingerprint density at radius 2 is 1.86 bits per heavy atom. The molecule has 28 heavy (non-hydrogen) atoms. The first-order chi connectivity index (χ1) is 13.3. The van der Waals surface area contributed by atoms with E-state index in [1.54, 1.807) is 48.5 Å². The van der Waals surface area contributed by atoms with Crippen molar-refractivity contribution in [1.29, 1.82) is 0 Å². The Hall–Kier alpha value is -2.90. The molecule has 0 radical (unpaired) electrons. The number of benzene rings is 2. The fourth-order valence-electron chi connectivity index (χ4n) is 2.98. The van der Waals surface area contributed by atoms with Gasteiger partial charge < -0.3 is 9.84 Å². The predicted octanol–water partition coefficient (Wildman–Crippen LogP) is 3.34. The first kappa shape index (κ1) is 19.9. The third-order valence-electron chi connectivity index (χ3n) is 4.43. The highest BCUT2D eigenvalue weighted by Gasteiger charge is 2.24. The van der Waals surface area contributed by atoms with E-state index in [1.165, 1.54) is 25.6 Å². The van der Waals surface area contributed by atoms with Gasteiger partial charge in [-0.15, -0.1) is 0 Å². The number of aryl methyl sites for hydroxylation is 1. The van der Waals surface area contributed by atoms with Crippen LogP contribution in [0.2, 0.25) is 0 Å². The van der Waals surface area contributed by atoms with E-state index in [1.807, 2.05) is 6.92 Å². The third-order valence-corrected chi connectivity index (χ3v) is 6.12. The minimum absolute atomic E-state index is 0.152. The minimum Gasteiger partial charge on any atom is -0.504 e. The van der Waals surface area contributed by atoms with E-state index in [9.17, 15) is 18.3 Å². The Bertz CT molecular complexity index is 1130. The summed E-state index contributed by atoms with van der Waals surface area (Å²) in [4.78, 5) is 12.1. The SMILES string of the molecule is CO/C=C/C(=O)CC(O)c1cn(S(=O)(=O)c2ccc(C)cc2)c2ccccc12. The summed E-state index contributed by atoms with van der Waals surface area (Å²) in [5.41, 5.74) is 1.78. The Balaban J connectivity index is 2.07. The number of fused-ring (bicyclic) bond motifs is 1. The number of allylic oxidation sites excluding steroid dienone is 1. The zero-order valence-electron chi connectivity index (χ0n) is 15.6. The molecule has 7 heteroatoms. The molecule has 3 rings (SSSR count). The Morgan fingerprint density at radius 3 is 2.54 bits per heavy atom. The average molecular weight is 399 g/mol. The number of ether oxygens (including phenoxy) is 1. The van der Waals surface area contributed by atoms with E-state index >= 15 is 0 Å². The molecular formula is C21H21NO5S. The van der Waals surface area contributed by atoms with Gasteiger partial charge in [-0.05, 0) is 25.1 Å². The molecule has 1 atom stereocenters. The van der Waals surface area contributed by atoms with Crippen molar-refractivity contribution in [2.24, 2.45) is 0 Å². The number of para-hydroxylation sites is 1. The smallest absolute Gasteiger partial charge is 0.268 e. The van der Waals surface area contributed by atoms with Crippen LogP contribution in [0.5, 0.6) is 0 Å². The van der Waals surface area contributed by atoms with Gasteiger partial charge in [-0.3, -0.25) is 4.79 Å². The van der Waals surface area contributed by atoms with E-state index in [0.717, 1.165) is 9.54 Å². The Kier molecular flexibility index (Phi) is 5.67. The fourth-order valence-corrected chi connectivity index (χ4v) is 4.35. The van der Waals surface area contributed by atoms with Crippen LogP contribution in [0.4, 0.5) is 0 Å². The molecule has 2 aromatic carbocycles. The number of nitrogens with zero attached hydrogens (tertiary/aromatic N) is 1. The van der Waals surface area contributed by atoms with Crippen molar-refractivity contribution >= 4 is 26.7 Å². The molecule has 0 saturated carbocycles. The van der Waals surface area contributed by atoms with Gasteiger partial charge in [0.15, 0.2) is 5.78 Å². The number of aromatic nitrogens is 1. The largest absolute Gasteiger partial charge is 0.504 e. The molecule has 6 nitrogen and oxygen atoms in total. The van der Waals surface area contributed by atoms with E-state index in [2.05, 4.69) is 0 Å². The number of carbonyl (C=O) groups is 1. The highest BCUT2D eigenvalue weighted by Crippen LogP contribution is 2.31. The lowest BCUT2D eigenvalue weighted by Gasteiger charge is -2.08. The number of carbonyl (C=O) groups excluding carboxylic acids is 1. The number of hydrogen-bond donors (Lipinski definition) is 1. The van der Waals surface area contributed by atoms with Crippen molar-refractivity contribution in [1.82, 2.24) is 3.97 Å². The van der Waals surface area contributed by atoms with Crippen LogP contribution in [0.3, 0.4) is 0 Å². The highest BCUT2D eigenvalue weighted by atomic mass is 32.2. The molecule has 0 aliphatic rings. The Morgan fingerprint density at radius 1 is 1.18 bits per heavy atom. The van der Waals surface area contributed by atoms with Gasteiger partial charge in [0.05, 0.1) is 29.9 Å². The van der Waals surface area contributed by atoms with E-state index in [0.29, 0.717) is 16.5 Å². The summed E-state index contributed by atoms with van der Waals surface area (Å²) in [6.07, 6.45) is 2.52. The second kappa shape index (κ2) is 8.00. The molecule has 0 bridgehead atoms. The number of ketones is 1. The quantitative estimate of drug-likeness (QED) is 0.486. The Labute approximate surface area is 163 Å². The summed E-state index contributed by atoms with van der Waals surface area (Å²) in [6.45, 7) is 1.88. The molecule has 1 N–H and O–H groups in total. The van der Waals surface area contributed by atoms with Crippen molar-refractivity contribution in [2.45, 2.75) is 24.3 Å². The maximum Gasteiger partial charge on any atom is 0.268 e. The number of aliphatic hydroxyl groups excluding tert-OH is 1. The minimum atomic E-state index is -3.85. The van der Waals surface area contributed by atoms with Crippen molar-refractivity contribution < 1.29 is 23.1 Å². The average Bonchev–Trinajstić information content (AvgIpc) is 3.07. The standard InChI is InChI=1S/C21H21NO5S/c1-15-7-9-17(10-8-15)28(25,26)22-14-19(18-5-3-4-6-20(18)22)21(24)13-16(23)11-12-27-2/h3-12,14,21,24H,13H2,1-2H3/b12-11+. The molecule has 3 aromatic rings. The summed E-state index contributed by atoms with van der Waals surface area (Å²) in [6, 6.07) is 13.4. The lowest BCUT2D eigenvalue weighted by Crippen LogP contribution is -2.12. The van der Waals surface area contributed by atoms with Gasteiger partial charge in [0.2, 0.25) is 0 Å². The summed E-state index contributed by atoms with van der Waals surface area (Å²) in [5.74, 6) is -0.326. The zero-order valence-corrected chi connectivity index (χ0v) is 16.4. The van der Waals surface area contributed by atoms with E-state index < -0.39 is 16.1 Å². The van der Waals surface area contributed by atoms with Crippen LogP contribution in [0.15, 0.2) is 72.0 Å². The van der Waals surface area contributed by atoms with Crippen molar-refractivity contribution in [3.63, 3.8) is 0 Å². The fraction of sp³-hybridized carbons (Fsp3) is 0.190. The molecule has 1 unspecified atom stereocenters. The normalized spacial score (nSPS) is 13.1. The first-order valence-electron chi connectivity index (χ1n) is 8.67. The van der Waals surface area contributed by atoms with Crippen LogP contribution in [-0.2, 0) is 19.6 Å². The van der Waals surface area contributed by atoms with Crippen LogP contribution in [0, 0.1) is 6.92 Å². The van der Waals surface area contributed by atoms with Crippen LogP contribution >= 0.6 is 0 Å². The number of rotatable bonds is 7. The van der Waals surface area contributed by atoms with Crippen LogP contribution in [0.25, 0.3) is 10.9 Å². The monoisotopic (exact) mass is 399 g/mol. The topological polar surface area (TPSA) is 85.6 Å². The van der Waals surface area contributed by atoms with Gasteiger partial charge in [0.1, 0.15) is 0 Å².